The van der Waals surface area contributed by atoms with Gasteiger partial charge in [0.05, 0.1) is 29.2 Å². The van der Waals surface area contributed by atoms with Crippen molar-refractivity contribution >= 4 is 29.4 Å². The average molecular weight is 408 g/mol. The zero-order chi connectivity index (χ0) is 19.5. The van der Waals surface area contributed by atoms with Crippen LogP contribution in [0.3, 0.4) is 0 Å². The highest BCUT2D eigenvalue weighted by molar-refractivity contribution is 8.03. The van der Waals surface area contributed by atoms with E-state index in [1.165, 1.54) is 10.5 Å². The number of nitriles is 1. The van der Waals surface area contributed by atoms with Gasteiger partial charge in [0, 0.05) is 23.8 Å². The molecule has 4 nitrogen and oxygen atoms in total. The molecule has 0 aromatic heterocycles. The lowest BCUT2D eigenvalue weighted by molar-refractivity contribution is -0.131. The molecule has 1 fully saturated rings. The lowest BCUT2D eigenvalue weighted by Crippen LogP contribution is -2.46. The highest BCUT2D eigenvalue weighted by Gasteiger charge is 2.38. The predicted octanol–water partition coefficient (Wildman–Crippen LogP) is 4.62. The molecule has 2 aliphatic heterocycles. The molecule has 2 aromatic carbocycles. The molecule has 0 bridgehead atoms. The van der Waals surface area contributed by atoms with Crippen molar-refractivity contribution in [3.05, 3.63) is 76.3 Å². The Kier molecular flexibility index (Phi) is 5.77. The number of hydrogen-bond donors (Lipinski definition) is 0. The highest BCUT2D eigenvalue weighted by atomic mass is 32.2. The Morgan fingerprint density at radius 1 is 1.18 bits per heavy atom. The molecule has 0 saturated carbocycles. The van der Waals surface area contributed by atoms with E-state index in [2.05, 4.69) is 35.2 Å². The molecule has 0 radical (unpaired) electrons. The van der Waals surface area contributed by atoms with E-state index in [9.17, 15) is 10.1 Å². The summed E-state index contributed by atoms with van der Waals surface area (Å²) in [5, 5.41) is 10.7. The number of benzene rings is 2. The lowest BCUT2D eigenvalue weighted by Gasteiger charge is -2.41. The van der Waals surface area contributed by atoms with Crippen molar-refractivity contribution in [1.29, 1.82) is 5.26 Å². The molecule has 0 spiro atoms. The Bertz CT molecular complexity index is 935. The van der Waals surface area contributed by atoms with Crippen molar-refractivity contribution in [3.8, 4) is 6.07 Å². The van der Waals surface area contributed by atoms with Gasteiger partial charge in [-0.05, 0) is 29.5 Å². The minimum atomic E-state index is -0.146. The third-order valence-electron chi connectivity index (χ3n) is 5.12. The molecule has 1 unspecified atom stereocenters. The number of thioether (sulfide) groups is 2. The molecule has 6 heteroatoms. The van der Waals surface area contributed by atoms with Crippen molar-refractivity contribution in [1.82, 2.24) is 9.80 Å². The minimum Gasteiger partial charge on any atom is -0.292 e. The van der Waals surface area contributed by atoms with Crippen LogP contribution in [0, 0.1) is 11.3 Å². The van der Waals surface area contributed by atoms with Crippen molar-refractivity contribution in [2.45, 2.75) is 23.8 Å². The molecule has 2 heterocycles. The van der Waals surface area contributed by atoms with Gasteiger partial charge in [-0.2, -0.15) is 5.26 Å². The fourth-order valence-electron chi connectivity index (χ4n) is 3.67. The first-order valence-electron chi connectivity index (χ1n) is 9.17. The van der Waals surface area contributed by atoms with Gasteiger partial charge in [0.2, 0.25) is 5.91 Å². The van der Waals surface area contributed by atoms with Crippen molar-refractivity contribution in [2.24, 2.45) is 0 Å². The van der Waals surface area contributed by atoms with Crippen molar-refractivity contribution < 1.29 is 4.79 Å². The van der Waals surface area contributed by atoms with E-state index in [-0.39, 0.29) is 11.8 Å². The summed E-state index contributed by atoms with van der Waals surface area (Å²) in [7, 11) is 0. The van der Waals surface area contributed by atoms with Crippen LogP contribution < -0.4 is 0 Å². The second-order valence-corrected chi connectivity index (χ2v) is 8.72. The summed E-state index contributed by atoms with van der Waals surface area (Å²) in [5.41, 5.74) is 3.00. The van der Waals surface area contributed by atoms with Gasteiger partial charge in [0.15, 0.2) is 0 Å². The molecular formula is C22H21N3OS2. The SMILES string of the molecule is CSc1ccc(C2CC(=O)N3CN(Cc4ccccc4)CSC3=C2C#N)cc1. The van der Waals surface area contributed by atoms with Gasteiger partial charge in [-0.25, -0.2) is 0 Å². The monoisotopic (exact) mass is 407 g/mol. The zero-order valence-electron chi connectivity index (χ0n) is 15.7. The van der Waals surface area contributed by atoms with E-state index < -0.39 is 0 Å². The van der Waals surface area contributed by atoms with Crippen molar-refractivity contribution in [2.75, 3.05) is 18.8 Å². The maximum Gasteiger partial charge on any atom is 0.229 e. The highest BCUT2D eigenvalue weighted by Crippen LogP contribution is 2.42. The number of hydrogen-bond acceptors (Lipinski definition) is 5. The molecule has 0 N–H and O–H groups in total. The minimum absolute atomic E-state index is 0.0956. The quantitative estimate of drug-likeness (QED) is 0.692. The van der Waals surface area contributed by atoms with E-state index in [1.54, 1.807) is 28.4 Å². The van der Waals surface area contributed by atoms with E-state index in [0.29, 0.717) is 13.1 Å². The van der Waals surface area contributed by atoms with Crippen LogP contribution in [0.5, 0.6) is 0 Å². The maximum absolute atomic E-state index is 12.9. The molecule has 4 rings (SSSR count). The number of fused-ring (bicyclic) bond motifs is 1. The topological polar surface area (TPSA) is 47.3 Å². The number of carbonyl (C=O) groups is 1. The summed E-state index contributed by atoms with van der Waals surface area (Å²) in [5.74, 6) is 0.725. The molecule has 2 aliphatic rings. The van der Waals surface area contributed by atoms with Crippen LogP contribution in [-0.2, 0) is 11.3 Å². The first kappa shape index (κ1) is 19.1. The van der Waals surface area contributed by atoms with Gasteiger partial charge in [-0.1, -0.05) is 54.2 Å². The third-order valence-corrected chi connectivity index (χ3v) is 7.07. The summed E-state index contributed by atoms with van der Waals surface area (Å²) in [4.78, 5) is 18.1. The van der Waals surface area contributed by atoms with Gasteiger partial charge in [-0.3, -0.25) is 14.6 Å². The Morgan fingerprint density at radius 2 is 1.93 bits per heavy atom. The van der Waals surface area contributed by atoms with E-state index >= 15 is 0 Å². The molecular weight excluding hydrogens is 386 g/mol. The smallest absolute Gasteiger partial charge is 0.229 e. The van der Waals surface area contributed by atoms with E-state index in [4.69, 9.17) is 0 Å². The molecule has 142 valence electrons. The summed E-state index contributed by atoms with van der Waals surface area (Å²) in [6, 6.07) is 20.9. The van der Waals surface area contributed by atoms with E-state index in [1.807, 2.05) is 36.6 Å². The normalized spacial score (nSPS) is 20.1. The zero-order valence-corrected chi connectivity index (χ0v) is 17.3. The second kappa shape index (κ2) is 8.44. The summed E-state index contributed by atoms with van der Waals surface area (Å²) < 4.78 is 0. The summed E-state index contributed by atoms with van der Waals surface area (Å²) in [6.07, 6.45) is 2.39. The molecule has 1 amide bonds. The van der Waals surface area contributed by atoms with Gasteiger partial charge >= 0.3 is 0 Å². The van der Waals surface area contributed by atoms with Crippen LogP contribution in [-0.4, -0.2) is 34.5 Å². The van der Waals surface area contributed by atoms with Gasteiger partial charge in [0.1, 0.15) is 0 Å². The van der Waals surface area contributed by atoms with Crippen LogP contribution in [0.2, 0.25) is 0 Å². The van der Waals surface area contributed by atoms with Crippen molar-refractivity contribution in [3.63, 3.8) is 0 Å². The lowest BCUT2D eigenvalue weighted by atomic mass is 9.86. The summed E-state index contributed by atoms with van der Waals surface area (Å²) in [6.45, 7) is 1.34. The van der Waals surface area contributed by atoms with Crippen LogP contribution in [0.1, 0.15) is 23.5 Å². The standard InChI is InChI=1S/C22H21N3OS2/c1-27-18-9-7-17(8-10-18)19-11-21(26)25-14-24(13-16-5-3-2-4-6-16)15-28-22(25)20(19)12-23/h2-10,19H,11,13-15H2,1H3. The molecule has 1 saturated heterocycles. The first-order valence-corrected chi connectivity index (χ1v) is 11.4. The fourth-order valence-corrected chi connectivity index (χ4v) is 5.22. The maximum atomic E-state index is 12.9. The molecule has 1 atom stereocenters. The largest absolute Gasteiger partial charge is 0.292 e. The Balaban J connectivity index is 1.58. The Labute approximate surface area is 174 Å². The van der Waals surface area contributed by atoms with Crippen LogP contribution in [0.15, 0.2) is 70.1 Å². The van der Waals surface area contributed by atoms with Gasteiger partial charge in [0.25, 0.3) is 0 Å². The Morgan fingerprint density at radius 3 is 2.61 bits per heavy atom. The molecule has 2 aromatic rings. The number of allylic oxidation sites excluding steroid dienone is 1. The number of nitrogens with zero attached hydrogens (tertiary/aromatic N) is 3. The van der Waals surface area contributed by atoms with Gasteiger partial charge in [-0.15, -0.1) is 11.8 Å². The predicted molar refractivity (Wildman–Crippen MR) is 114 cm³/mol. The van der Waals surface area contributed by atoms with E-state index in [0.717, 1.165) is 28.6 Å². The number of rotatable bonds is 4. The average Bonchev–Trinajstić information content (AvgIpc) is 2.75. The first-order chi connectivity index (χ1) is 13.7. The summed E-state index contributed by atoms with van der Waals surface area (Å²) >= 11 is 3.29. The molecule has 28 heavy (non-hydrogen) atoms. The van der Waals surface area contributed by atoms with Gasteiger partial charge < -0.3 is 0 Å². The van der Waals surface area contributed by atoms with Crippen LogP contribution in [0.25, 0.3) is 0 Å². The molecule has 0 aliphatic carbocycles. The fraction of sp³-hybridized carbons (Fsp3) is 0.273. The van der Waals surface area contributed by atoms with Crippen LogP contribution >= 0.6 is 23.5 Å². The Hall–Kier alpha value is -2.20. The number of carbonyl (C=O) groups excluding carboxylic acids is 1. The van der Waals surface area contributed by atoms with Crippen LogP contribution in [0.4, 0.5) is 0 Å². The second-order valence-electron chi connectivity index (χ2n) is 6.91. The third kappa shape index (κ3) is 3.83. The number of amides is 1.